The lowest BCUT2D eigenvalue weighted by Crippen LogP contribution is -2.41. The Morgan fingerprint density at radius 3 is 2.65 bits per heavy atom. The van der Waals surface area contributed by atoms with Gasteiger partial charge in [-0.1, -0.05) is 6.92 Å². The molecule has 0 radical (unpaired) electrons. The zero-order valence-corrected chi connectivity index (χ0v) is 14.0. The molecule has 2 N–H and O–H groups in total. The maximum atomic E-state index is 11.0. The van der Waals surface area contributed by atoms with Crippen molar-refractivity contribution in [3.05, 3.63) is 15.9 Å². The second kappa shape index (κ2) is 7.68. The standard InChI is InChI=1S/C12H18BrN3O3S/c1-4-8-11(13)10(16(3)15-8)6-20-5-9(12(18)19)14-7(2)17/h9H,4-6H2,1-3H3,(H,14,17)(H,18,19). The molecule has 0 spiro atoms. The molecule has 1 unspecified atom stereocenters. The number of hydrogen-bond donors (Lipinski definition) is 2. The van der Waals surface area contributed by atoms with E-state index in [4.69, 9.17) is 5.11 Å². The van der Waals surface area contributed by atoms with Crippen molar-refractivity contribution in [2.75, 3.05) is 5.75 Å². The monoisotopic (exact) mass is 363 g/mol. The Morgan fingerprint density at radius 1 is 1.55 bits per heavy atom. The molecule has 1 atom stereocenters. The number of rotatable bonds is 7. The molecule has 0 bridgehead atoms. The Morgan fingerprint density at radius 2 is 2.20 bits per heavy atom. The van der Waals surface area contributed by atoms with Gasteiger partial charge in [0.1, 0.15) is 6.04 Å². The average Bonchev–Trinajstić information content (AvgIpc) is 2.63. The summed E-state index contributed by atoms with van der Waals surface area (Å²) in [5.74, 6) is -0.416. The summed E-state index contributed by atoms with van der Waals surface area (Å²) in [6.07, 6.45) is 0.836. The van der Waals surface area contributed by atoms with E-state index >= 15 is 0 Å². The fourth-order valence-corrected chi connectivity index (χ4v) is 3.72. The van der Waals surface area contributed by atoms with Gasteiger partial charge in [0, 0.05) is 25.5 Å². The first kappa shape index (κ1) is 17.0. The maximum absolute atomic E-state index is 11.0. The van der Waals surface area contributed by atoms with Crippen LogP contribution in [0.25, 0.3) is 0 Å². The summed E-state index contributed by atoms with van der Waals surface area (Å²) in [7, 11) is 1.86. The van der Waals surface area contributed by atoms with Crippen molar-refractivity contribution in [3.8, 4) is 0 Å². The number of amides is 1. The van der Waals surface area contributed by atoms with E-state index in [1.807, 2.05) is 14.0 Å². The summed E-state index contributed by atoms with van der Waals surface area (Å²) in [4.78, 5) is 21.9. The largest absolute Gasteiger partial charge is 0.480 e. The van der Waals surface area contributed by atoms with Gasteiger partial charge in [-0.3, -0.25) is 9.48 Å². The normalized spacial score (nSPS) is 12.2. The third-order valence-electron chi connectivity index (χ3n) is 2.70. The van der Waals surface area contributed by atoms with Crippen LogP contribution in [0, 0.1) is 0 Å². The van der Waals surface area contributed by atoms with E-state index in [-0.39, 0.29) is 5.91 Å². The molecule has 1 aromatic heterocycles. The number of hydrogen-bond acceptors (Lipinski definition) is 4. The summed E-state index contributed by atoms with van der Waals surface area (Å²) < 4.78 is 2.77. The number of aromatic nitrogens is 2. The number of thioether (sulfide) groups is 1. The highest BCUT2D eigenvalue weighted by molar-refractivity contribution is 9.10. The summed E-state index contributed by atoms with van der Waals surface area (Å²) >= 11 is 4.97. The highest BCUT2D eigenvalue weighted by Crippen LogP contribution is 2.25. The first-order chi connectivity index (χ1) is 9.36. The molecule has 1 amide bonds. The first-order valence-electron chi connectivity index (χ1n) is 6.14. The minimum atomic E-state index is -1.02. The third-order valence-corrected chi connectivity index (χ3v) is 4.66. The number of nitrogens with zero attached hydrogens (tertiary/aromatic N) is 2. The third kappa shape index (κ3) is 4.52. The van der Waals surface area contributed by atoms with Gasteiger partial charge in [0.2, 0.25) is 5.91 Å². The molecule has 0 saturated heterocycles. The van der Waals surface area contributed by atoms with Crippen molar-refractivity contribution >= 4 is 39.6 Å². The van der Waals surface area contributed by atoms with E-state index in [0.29, 0.717) is 11.5 Å². The number of carbonyl (C=O) groups excluding carboxylic acids is 1. The minimum Gasteiger partial charge on any atom is -0.480 e. The molecule has 0 aliphatic heterocycles. The van der Waals surface area contributed by atoms with Crippen LogP contribution in [-0.2, 0) is 28.8 Å². The van der Waals surface area contributed by atoms with Gasteiger partial charge in [-0.2, -0.15) is 16.9 Å². The number of carboxylic acids is 1. The predicted octanol–water partition coefficient (Wildman–Crippen LogP) is 1.57. The molecule has 0 aliphatic carbocycles. The second-order valence-electron chi connectivity index (χ2n) is 4.29. The summed E-state index contributed by atoms with van der Waals surface area (Å²) in [5, 5.41) is 15.8. The van der Waals surface area contributed by atoms with Crippen LogP contribution in [0.1, 0.15) is 25.2 Å². The summed E-state index contributed by atoms with van der Waals surface area (Å²) in [6.45, 7) is 3.34. The molecule has 0 aliphatic rings. The number of carboxylic acid groups (broad SMARTS) is 1. The lowest BCUT2D eigenvalue weighted by atomic mass is 10.3. The molecule has 20 heavy (non-hydrogen) atoms. The van der Waals surface area contributed by atoms with Crippen molar-refractivity contribution in [3.63, 3.8) is 0 Å². The lowest BCUT2D eigenvalue weighted by Gasteiger charge is -2.12. The average molecular weight is 364 g/mol. The van der Waals surface area contributed by atoms with Crippen molar-refractivity contribution in [2.45, 2.75) is 32.1 Å². The molecular formula is C12H18BrN3O3S. The van der Waals surface area contributed by atoms with Crippen LogP contribution in [0.5, 0.6) is 0 Å². The van der Waals surface area contributed by atoms with Crippen LogP contribution in [0.2, 0.25) is 0 Å². The quantitative estimate of drug-likeness (QED) is 0.767. The Labute approximate surface area is 130 Å². The first-order valence-corrected chi connectivity index (χ1v) is 8.09. The van der Waals surface area contributed by atoms with Crippen molar-refractivity contribution < 1.29 is 14.7 Å². The Kier molecular flexibility index (Phi) is 6.54. The fraction of sp³-hybridized carbons (Fsp3) is 0.583. The van der Waals surface area contributed by atoms with Crippen LogP contribution < -0.4 is 5.32 Å². The Bertz CT molecular complexity index is 504. The molecule has 6 nitrogen and oxygen atoms in total. The van der Waals surface area contributed by atoms with E-state index < -0.39 is 12.0 Å². The lowest BCUT2D eigenvalue weighted by molar-refractivity contribution is -0.140. The molecule has 112 valence electrons. The van der Waals surface area contributed by atoms with Gasteiger partial charge < -0.3 is 10.4 Å². The molecule has 1 aromatic rings. The van der Waals surface area contributed by atoms with Crippen LogP contribution in [0.4, 0.5) is 0 Å². The van der Waals surface area contributed by atoms with E-state index in [2.05, 4.69) is 26.3 Å². The smallest absolute Gasteiger partial charge is 0.327 e. The predicted molar refractivity (Wildman–Crippen MR) is 81.7 cm³/mol. The molecule has 0 fully saturated rings. The minimum absolute atomic E-state index is 0.313. The molecular weight excluding hydrogens is 346 g/mol. The van der Waals surface area contributed by atoms with E-state index in [9.17, 15) is 9.59 Å². The zero-order valence-electron chi connectivity index (χ0n) is 11.6. The Hall–Kier alpha value is -1.02. The molecule has 1 heterocycles. The van der Waals surface area contributed by atoms with E-state index in [1.54, 1.807) is 4.68 Å². The molecule has 0 saturated carbocycles. The van der Waals surface area contributed by atoms with E-state index in [0.717, 1.165) is 22.3 Å². The summed E-state index contributed by atoms with van der Waals surface area (Å²) in [5.41, 5.74) is 2.00. The van der Waals surface area contributed by atoms with Gasteiger partial charge in [-0.05, 0) is 22.4 Å². The van der Waals surface area contributed by atoms with Gasteiger partial charge in [0.05, 0.1) is 15.9 Å². The van der Waals surface area contributed by atoms with Crippen molar-refractivity contribution in [2.24, 2.45) is 7.05 Å². The highest BCUT2D eigenvalue weighted by Gasteiger charge is 2.19. The van der Waals surface area contributed by atoms with E-state index in [1.165, 1.54) is 18.7 Å². The Balaban J connectivity index is 2.61. The molecule has 0 aromatic carbocycles. The number of halogens is 1. The zero-order chi connectivity index (χ0) is 15.3. The topological polar surface area (TPSA) is 84.2 Å². The van der Waals surface area contributed by atoms with Crippen LogP contribution in [0.3, 0.4) is 0 Å². The second-order valence-corrected chi connectivity index (χ2v) is 6.11. The van der Waals surface area contributed by atoms with Gasteiger partial charge in [0.15, 0.2) is 0 Å². The highest BCUT2D eigenvalue weighted by atomic mass is 79.9. The van der Waals surface area contributed by atoms with Crippen LogP contribution in [0.15, 0.2) is 4.47 Å². The number of carbonyl (C=O) groups is 2. The van der Waals surface area contributed by atoms with Crippen LogP contribution >= 0.6 is 27.7 Å². The maximum Gasteiger partial charge on any atom is 0.327 e. The summed E-state index contributed by atoms with van der Waals surface area (Å²) in [6, 6.07) is -0.866. The number of aryl methyl sites for hydroxylation is 2. The SMILES string of the molecule is CCc1nn(C)c(CSCC(NC(C)=O)C(=O)O)c1Br. The van der Waals surface area contributed by atoms with Gasteiger partial charge in [-0.25, -0.2) is 4.79 Å². The number of aliphatic carboxylic acids is 1. The fourth-order valence-electron chi connectivity index (χ4n) is 1.67. The van der Waals surface area contributed by atoms with Gasteiger partial charge in [0.25, 0.3) is 0 Å². The van der Waals surface area contributed by atoms with Gasteiger partial charge >= 0.3 is 5.97 Å². The molecule has 1 rings (SSSR count). The van der Waals surface area contributed by atoms with Crippen molar-refractivity contribution in [1.82, 2.24) is 15.1 Å². The number of nitrogens with one attached hydrogen (secondary N) is 1. The van der Waals surface area contributed by atoms with Gasteiger partial charge in [-0.15, -0.1) is 0 Å². The van der Waals surface area contributed by atoms with Crippen molar-refractivity contribution in [1.29, 1.82) is 0 Å². The molecule has 8 heteroatoms. The van der Waals surface area contributed by atoms with Crippen LogP contribution in [-0.4, -0.2) is 38.6 Å².